The van der Waals surface area contributed by atoms with Crippen LogP contribution in [-0.2, 0) is 14.4 Å². The van der Waals surface area contributed by atoms with Gasteiger partial charge in [-0.05, 0) is 30.7 Å². The van der Waals surface area contributed by atoms with Crippen LogP contribution in [0.3, 0.4) is 0 Å². The van der Waals surface area contributed by atoms with E-state index in [2.05, 4.69) is 26.6 Å². The van der Waals surface area contributed by atoms with E-state index in [1.165, 1.54) is 11.9 Å². The molecule has 1 atom stereocenters. The largest absolute Gasteiger partial charge is 0.358 e. The van der Waals surface area contributed by atoms with Crippen molar-refractivity contribution >= 4 is 39.3 Å². The van der Waals surface area contributed by atoms with E-state index in [1.807, 2.05) is 25.1 Å². The molecule has 0 bridgehead atoms. The second-order valence-corrected chi connectivity index (χ2v) is 6.66. The molecule has 0 saturated carbocycles. The molecule has 1 unspecified atom stereocenters. The third-order valence-corrected chi connectivity index (χ3v) is 3.96. The molecule has 0 saturated heterocycles. The minimum atomic E-state index is -0.230. The number of anilines is 1. The summed E-state index contributed by atoms with van der Waals surface area (Å²) in [4.78, 5) is 37.5. The number of rotatable bonds is 7. The highest BCUT2D eigenvalue weighted by molar-refractivity contribution is 9.10. The summed E-state index contributed by atoms with van der Waals surface area (Å²) in [5.74, 6) is -0.588. The van der Waals surface area contributed by atoms with Gasteiger partial charge in [0.2, 0.25) is 5.91 Å². The standard InChI is InChI=1S/C16H23BrN4O3/c1-11-7-12(17)5-6-13(11)19-15(23)8-20(3)10-16(24)21(4)9-14(22)18-2/h5-7H,8-10H2,1-4H3,(H,18,22)(H,19,23)/p+1. The second-order valence-electron chi connectivity index (χ2n) is 5.74. The maximum absolute atomic E-state index is 12.1. The zero-order valence-corrected chi connectivity index (χ0v) is 16.0. The molecule has 1 aromatic carbocycles. The fraction of sp³-hybridized carbons (Fsp3) is 0.438. The Labute approximate surface area is 150 Å². The van der Waals surface area contributed by atoms with Gasteiger partial charge in [0.05, 0.1) is 13.6 Å². The first-order chi connectivity index (χ1) is 11.2. The highest BCUT2D eigenvalue weighted by Crippen LogP contribution is 2.19. The van der Waals surface area contributed by atoms with Gasteiger partial charge in [0, 0.05) is 24.3 Å². The molecule has 3 amide bonds. The fourth-order valence-electron chi connectivity index (χ4n) is 2.07. The fourth-order valence-corrected chi connectivity index (χ4v) is 2.55. The summed E-state index contributed by atoms with van der Waals surface area (Å²) < 4.78 is 0.950. The van der Waals surface area contributed by atoms with Crippen molar-refractivity contribution in [2.75, 3.05) is 46.1 Å². The lowest BCUT2D eigenvalue weighted by atomic mass is 10.2. The number of quaternary nitrogens is 1. The van der Waals surface area contributed by atoms with Crippen LogP contribution in [0, 0.1) is 6.92 Å². The number of carbonyl (C=O) groups is 3. The number of amides is 3. The van der Waals surface area contributed by atoms with Gasteiger partial charge in [-0.25, -0.2) is 0 Å². The lowest BCUT2D eigenvalue weighted by Crippen LogP contribution is -3.11. The number of likely N-dealkylation sites (N-methyl/N-ethyl adjacent to an activating group) is 3. The molecule has 0 aliphatic heterocycles. The Balaban J connectivity index is 2.49. The van der Waals surface area contributed by atoms with E-state index >= 15 is 0 Å². The van der Waals surface area contributed by atoms with Crippen LogP contribution in [-0.4, -0.2) is 63.4 Å². The van der Waals surface area contributed by atoms with Gasteiger partial charge in [-0.1, -0.05) is 15.9 Å². The smallest absolute Gasteiger partial charge is 0.279 e. The Morgan fingerprint density at radius 3 is 2.46 bits per heavy atom. The quantitative estimate of drug-likeness (QED) is 0.573. The Kier molecular flexibility index (Phi) is 7.87. The molecule has 8 heteroatoms. The van der Waals surface area contributed by atoms with Crippen molar-refractivity contribution in [3.8, 4) is 0 Å². The van der Waals surface area contributed by atoms with Crippen LogP contribution in [0.5, 0.6) is 0 Å². The molecule has 24 heavy (non-hydrogen) atoms. The number of nitrogens with zero attached hydrogens (tertiary/aromatic N) is 1. The van der Waals surface area contributed by atoms with Crippen LogP contribution in [0.4, 0.5) is 5.69 Å². The summed E-state index contributed by atoms with van der Waals surface area (Å²) in [7, 11) is 4.85. The molecule has 0 aliphatic rings. The molecule has 132 valence electrons. The summed E-state index contributed by atoms with van der Waals surface area (Å²) in [6.45, 7) is 2.22. The van der Waals surface area contributed by atoms with Gasteiger partial charge < -0.3 is 20.4 Å². The Morgan fingerprint density at radius 2 is 1.88 bits per heavy atom. The molecule has 0 radical (unpaired) electrons. The minimum absolute atomic E-state index is 0.00684. The van der Waals surface area contributed by atoms with Gasteiger partial charge in [0.15, 0.2) is 13.1 Å². The van der Waals surface area contributed by atoms with E-state index in [-0.39, 0.29) is 37.4 Å². The number of nitrogens with one attached hydrogen (secondary N) is 3. The van der Waals surface area contributed by atoms with Crippen molar-refractivity contribution in [2.24, 2.45) is 0 Å². The van der Waals surface area contributed by atoms with Crippen LogP contribution in [0.1, 0.15) is 5.56 Å². The van der Waals surface area contributed by atoms with Gasteiger partial charge in [0.25, 0.3) is 11.8 Å². The number of hydrogen-bond donors (Lipinski definition) is 3. The summed E-state index contributed by atoms with van der Waals surface area (Å²) >= 11 is 3.38. The van der Waals surface area contributed by atoms with Crippen LogP contribution in [0.2, 0.25) is 0 Å². The average Bonchev–Trinajstić information content (AvgIpc) is 2.49. The van der Waals surface area contributed by atoms with Crippen molar-refractivity contribution in [1.82, 2.24) is 10.2 Å². The monoisotopic (exact) mass is 399 g/mol. The maximum Gasteiger partial charge on any atom is 0.279 e. The van der Waals surface area contributed by atoms with Gasteiger partial charge in [-0.3, -0.25) is 14.4 Å². The molecule has 0 spiro atoms. The second kappa shape index (κ2) is 9.39. The van der Waals surface area contributed by atoms with Crippen molar-refractivity contribution in [3.05, 3.63) is 28.2 Å². The van der Waals surface area contributed by atoms with Crippen molar-refractivity contribution < 1.29 is 19.3 Å². The lowest BCUT2D eigenvalue weighted by molar-refractivity contribution is -0.862. The van der Waals surface area contributed by atoms with Crippen molar-refractivity contribution in [3.63, 3.8) is 0 Å². The number of aryl methyl sites for hydroxylation is 1. The third kappa shape index (κ3) is 6.67. The number of hydrogen-bond acceptors (Lipinski definition) is 3. The highest BCUT2D eigenvalue weighted by atomic mass is 79.9. The first kappa shape index (κ1) is 20.1. The van der Waals surface area contributed by atoms with E-state index < -0.39 is 0 Å². The van der Waals surface area contributed by atoms with E-state index in [1.54, 1.807) is 14.1 Å². The Bertz CT molecular complexity index is 621. The lowest BCUT2D eigenvalue weighted by Gasteiger charge is -2.19. The van der Waals surface area contributed by atoms with Gasteiger partial charge >= 0.3 is 0 Å². The molecule has 0 heterocycles. The molecule has 3 N–H and O–H groups in total. The summed E-state index contributed by atoms with van der Waals surface area (Å²) in [5.41, 5.74) is 1.70. The van der Waals surface area contributed by atoms with Crippen molar-refractivity contribution in [2.45, 2.75) is 6.92 Å². The van der Waals surface area contributed by atoms with Gasteiger partial charge in [-0.2, -0.15) is 0 Å². The van der Waals surface area contributed by atoms with E-state index in [9.17, 15) is 14.4 Å². The highest BCUT2D eigenvalue weighted by Gasteiger charge is 2.19. The zero-order valence-electron chi connectivity index (χ0n) is 14.4. The predicted octanol–water partition coefficient (Wildman–Crippen LogP) is -0.585. The molecular weight excluding hydrogens is 376 g/mol. The molecule has 1 aromatic rings. The molecule has 0 aliphatic carbocycles. The molecule has 0 fully saturated rings. The maximum atomic E-state index is 12.1. The van der Waals surface area contributed by atoms with E-state index in [0.29, 0.717) is 0 Å². The number of carbonyl (C=O) groups excluding carboxylic acids is 3. The van der Waals surface area contributed by atoms with E-state index in [4.69, 9.17) is 0 Å². The third-order valence-electron chi connectivity index (χ3n) is 3.46. The van der Waals surface area contributed by atoms with Gasteiger partial charge in [0.1, 0.15) is 0 Å². The van der Waals surface area contributed by atoms with Gasteiger partial charge in [-0.15, -0.1) is 0 Å². The SMILES string of the molecule is CNC(=O)CN(C)C(=O)C[NH+](C)CC(=O)Nc1ccc(Br)cc1C. The normalized spacial score (nSPS) is 11.5. The van der Waals surface area contributed by atoms with Crippen molar-refractivity contribution in [1.29, 1.82) is 0 Å². The topological polar surface area (TPSA) is 83.0 Å². The minimum Gasteiger partial charge on any atom is -0.358 e. The molecule has 1 rings (SSSR count). The van der Waals surface area contributed by atoms with E-state index in [0.717, 1.165) is 20.6 Å². The molecule has 7 nitrogen and oxygen atoms in total. The van der Waals surface area contributed by atoms with Crippen LogP contribution in [0.15, 0.2) is 22.7 Å². The first-order valence-electron chi connectivity index (χ1n) is 7.54. The zero-order chi connectivity index (χ0) is 18.3. The number of benzene rings is 1. The molecular formula is C16H24BrN4O3+. The first-order valence-corrected chi connectivity index (χ1v) is 8.34. The Hall–Kier alpha value is -1.93. The van der Waals surface area contributed by atoms with Crippen LogP contribution >= 0.6 is 15.9 Å². The average molecular weight is 400 g/mol. The summed E-state index contributed by atoms with van der Waals surface area (Å²) in [6.07, 6.45) is 0. The Morgan fingerprint density at radius 1 is 1.21 bits per heavy atom. The number of halogens is 1. The van der Waals surface area contributed by atoms with Crippen LogP contribution in [0.25, 0.3) is 0 Å². The summed E-state index contributed by atoms with van der Waals surface area (Å²) in [5, 5.41) is 5.31. The predicted molar refractivity (Wildman–Crippen MR) is 95.8 cm³/mol. The van der Waals surface area contributed by atoms with Crippen LogP contribution < -0.4 is 15.5 Å². The molecule has 0 aromatic heterocycles. The summed E-state index contributed by atoms with van der Waals surface area (Å²) in [6, 6.07) is 5.61.